The highest BCUT2D eigenvalue weighted by Gasteiger charge is 2.19. The molecule has 0 N–H and O–H groups in total. The molecule has 1 atom stereocenters. The van der Waals surface area contributed by atoms with Gasteiger partial charge >= 0.3 is 17.9 Å². The van der Waals surface area contributed by atoms with E-state index in [1.807, 2.05) is 0 Å². The molecule has 0 aromatic heterocycles. The van der Waals surface area contributed by atoms with Gasteiger partial charge in [0.2, 0.25) is 0 Å². The van der Waals surface area contributed by atoms with Crippen molar-refractivity contribution in [3.8, 4) is 0 Å². The highest BCUT2D eigenvalue weighted by molar-refractivity contribution is 5.71. The molecule has 0 amide bonds. The summed E-state index contributed by atoms with van der Waals surface area (Å²) in [5.74, 6) is -0.849. The molecule has 0 aromatic rings. The molecule has 0 spiro atoms. The van der Waals surface area contributed by atoms with Gasteiger partial charge in [-0.2, -0.15) is 0 Å². The molecule has 0 rings (SSSR count). The van der Waals surface area contributed by atoms with Crippen molar-refractivity contribution in [2.45, 2.75) is 297 Å². The van der Waals surface area contributed by atoms with Crippen LogP contribution in [0.2, 0.25) is 0 Å². The van der Waals surface area contributed by atoms with E-state index in [0.717, 1.165) is 57.8 Å². The SMILES string of the molecule is CCCCCCCCCCCCCCCCCCCC(=O)OC[C@H](COC(=O)CCCCCCCCC)OC(=O)CCCCCCCCCCCCCCCCC. The number of rotatable bonds is 47. The fraction of sp³-hybridized carbons (Fsp3) is 0.941. The quantitative estimate of drug-likeness (QED) is 0.0346. The maximum atomic E-state index is 12.7. The van der Waals surface area contributed by atoms with Crippen molar-refractivity contribution in [3.05, 3.63) is 0 Å². The summed E-state index contributed by atoms with van der Waals surface area (Å²) in [6.07, 6.45) is 49.6. The lowest BCUT2D eigenvalue weighted by molar-refractivity contribution is -0.167. The van der Waals surface area contributed by atoms with Crippen LogP contribution in [0.1, 0.15) is 290 Å². The van der Waals surface area contributed by atoms with E-state index >= 15 is 0 Å². The number of hydrogen-bond donors (Lipinski definition) is 0. The van der Waals surface area contributed by atoms with Crippen molar-refractivity contribution >= 4 is 17.9 Å². The molecule has 6 nitrogen and oxygen atoms in total. The van der Waals surface area contributed by atoms with Crippen molar-refractivity contribution in [3.63, 3.8) is 0 Å². The Morgan fingerprint density at radius 1 is 0.281 bits per heavy atom. The van der Waals surface area contributed by atoms with Gasteiger partial charge in [-0.3, -0.25) is 14.4 Å². The lowest BCUT2D eigenvalue weighted by atomic mass is 10.0. The van der Waals surface area contributed by atoms with Crippen LogP contribution in [0.15, 0.2) is 0 Å². The van der Waals surface area contributed by atoms with Gasteiger partial charge in [-0.15, -0.1) is 0 Å². The normalized spacial score (nSPS) is 11.8. The number of esters is 3. The predicted octanol–water partition coefficient (Wildman–Crippen LogP) is 16.4. The van der Waals surface area contributed by atoms with E-state index in [2.05, 4.69) is 20.8 Å². The lowest BCUT2D eigenvalue weighted by Gasteiger charge is -2.18. The molecule has 0 saturated heterocycles. The van der Waals surface area contributed by atoms with Gasteiger partial charge in [0.05, 0.1) is 0 Å². The second kappa shape index (κ2) is 47.1. The van der Waals surface area contributed by atoms with Gasteiger partial charge in [0.25, 0.3) is 0 Å². The van der Waals surface area contributed by atoms with E-state index in [1.54, 1.807) is 0 Å². The lowest BCUT2D eigenvalue weighted by Crippen LogP contribution is -2.30. The molecule has 0 aliphatic heterocycles. The summed E-state index contributed by atoms with van der Waals surface area (Å²) >= 11 is 0. The van der Waals surface area contributed by atoms with Crippen LogP contribution in [0.3, 0.4) is 0 Å². The maximum Gasteiger partial charge on any atom is 0.306 e. The first kappa shape index (κ1) is 55.4. The molecule has 0 aliphatic rings. The Bertz CT molecular complexity index is 844. The minimum atomic E-state index is -0.758. The largest absolute Gasteiger partial charge is 0.462 e. The molecule has 57 heavy (non-hydrogen) atoms. The smallest absolute Gasteiger partial charge is 0.306 e. The second-order valence-corrected chi connectivity index (χ2v) is 17.5. The first-order valence-corrected chi connectivity index (χ1v) is 25.5. The summed E-state index contributed by atoms with van der Waals surface area (Å²) in [5.41, 5.74) is 0. The zero-order chi connectivity index (χ0) is 41.5. The Labute approximate surface area is 355 Å². The van der Waals surface area contributed by atoms with Crippen LogP contribution in [0, 0.1) is 0 Å². The zero-order valence-corrected chi connectivity index (χ0v) is 38.6. The molecule has 338 valence electrons. The van der Waals surface area contributed by atoms with Crippen molar-refractivity contribution in [2.75, 3.05) is 13.2 Å². The van der Waals surface area contributed by atoms with Crippen molar-refractivity contribution in [1.82, 2.24) is 0 Å². The Morgan fingerprint density at radius 3 is 0.702 bits per heavy atom. The predicted molar refractivity (Wildman–Crippen MR) is 243 cm³/mol. The second-order valence-electron chi connectivity index (χ2n) is 17.5. The molecule has 0 bridgehead atoms. The van der Waals surface area contributed by atoms with Crippen LogP contribution >= 0.6 is 0 Å². The fourth-order valence-electron chi connectivity index (χ4n) is 7.74. The number of hydrogen-bond acceptors (Lipinski definition) is 6. The van der Waals surface area contributed by atoms with E-state index in [0.29, 0.717) is 19.3 Å². The van der Waals surface area contributed by atoms with Crippen LogP contribution in [-0.4, -0.2) is 37.2 Å². The van der Waals surface area contributed by atoms with Crippen molar-refractivity contribution in [2.24, 2.45) is 0 Å². The third kappa shape index (κ3) is 45.3. The number of ether oxygens (including phenoxy) is 3. The van der Waals surface area contributed by atoms with Crippen LogP contribution in [0.5, 0.6) is 0 Å². The van der Waals surface area contributed by atoms with Gasteiger partial charge < -0.3 is 14.2 Å². The first-order valence-electron chi connectivity index (χ1n) is 25.5. The standard InChI is InChI=1S/C51H98O6/c1-4-7-10-13-16-18-20-22-24-25-27-28-30-32-35-38-41-44-50(53)56-47-48(46-55-49(52)43-40-37-34-15-12-9-6-3)57-51(54)45-42-39-36-33-31-29-26-23-21-19-17-14-11-8-5-2/h48H,4-47H2,1-3H3/t48-/m0/s1. The molecule has 0 unspecified atom stereocenters. The van der Waals surface area contributed by atoms with Crippen LogP contribution in [0.4, 0.5) is 0 Å². The minimum Gasteiger partial charge on any atom is -0.462 e. The number of carbonyl (C=O) groups excluding carboxylic acids is 3. The number of unbranched alkanes of at least 4 members (excludes halogenated alkanes) is 36. The summed E-state index contributed by atoms with van der Waals surface area (Å²) in [4.78, 5) is 37.7. The summed E-state index contributed by atoms with van der Waals surface area (Å²) in [6.45, 7) is 6.64. The van der Waals surface area contributed by atoms with Crippen molar-refractivity contribution in [1.29, 1.82) is 0 Å². The minimum absolute atomic E-state index is 0.0624. The van der Waals surface area contributed by atoms with Crippen LogP contribution in [-0.2, 0) is 28.6 Å². The molecule has 0 aliphatic carbocycles. The molecule has 0 heterocycles. The molecule has 0 fully saturated rings. The topological polar surface area (TPSA) is 78.9 Å². The van der Waals surface area contributed by atoms with Gasteiger partial charge in [0.1, 0.15) is 13.2 Å². The zero-order valence-electron chi connectivity index (χ0n) is 38.6. The van der Waals surface area contributed by atoms with Gasteiger partial charge in [-0.05, 0) is 19.3 Å². The average Bonchev–Trinajstić information content (AvgIpc) is 3.21. The summed E-state index contributed by atoms with van der Waals surface area (Å²) in [6, 6.07) is 0. The van der Waals surface area contributed by atoms with Gasteiger partial charge in [-0.25, -0.2) is 0 Å². The molecule has 0 saturated carbocycles. The summed E-state index contributed by atoms with van der Waals surface area (Å²) in [5, 5.41) is 0. The van der Waals surface area contributed by atoms with E-state index in [1.165, 1.54) is 193 Å². The van der Waals surface area contributed by atoms with Crippen LogP contribution in [0.25, 0.3) is 0 Å². The molecular weight excluding hydrogens is 709 g/mol. The highest BCUT2D eigenvalue weighted by Crippen LogP contribution is 2.17. The molecule has 0 aromatic carbocycles. The summed E-state index contributed by atoms with van der Waals surface area (Å²) < 4.78 is 16.7. The Kier molecular flexibility index (Phi) is 45.8. The third-order valence-corrected chi connectivity index (χ3v) is 11.6. The van der Waals surface area contributed by atoms with Crippen molar-refractivity contribution < 1.29 is 28.6 Å². The van der Waals surface area contributed by atoms with E-state index < -0.39 is 6.10 Å². The molecule has 6 heteroatoms. The first-order chi connectivity index (χ1) is 28.0. The van der Waals surface area contributed by atoms with Crippen LogP contribution < -0.4 is 0 Å². The van der Waals surface area contributed by atoms with E-state index in [9.17, 15) is 14.4 Å². The Morgan fingerprint density at radius 2 is 0.474 bits per heavy atom. The van der Waals surface area contributed by atoms with Gasteiger partial charge in [0.15, 0.2) is 6.10 Å². The Balaban J connectivity index is 4.19. The van der Waals surface area contributed by atoms with E-state index in [-0.39, 0.29) is 31.1 Å². The average molecular weight is 807 g/mol. The van der Waals surface area contributed by atoms with E-state index in [4.69, 9.17) is 14.2 Å². The highest BCUT2D eigenvalue weighted by atomic mass is 16.6. The fourth-order valence-corrected chi connectivity index (χ4v) is 7.74. The molecule has 0 radical (unpaired) electrons. The Hall–Kier alpha value is -1.59. The third-order valence-electron chi connectivity index (χ3n) is 11.6. The monoisotopic (exact) mass is 807 g/mol. The van der Waals surface area contributed by atoms with Gasteiger partial charge in [0, 0.05) is 19.3 Å². The molecular formula is C51H98O6. The summed E-state index contributed by atoms with van der Waals surface area (Å²) in [7, 11) is 0. The maximum absolute atomic E-state index is 12.7. The number of carbonyl (C=O) groups is 3. The van der Waals surface area contributed by atoms with Gasteiger partial charge in [-0.1, -0.05) is 252 Å².